The lowest BCUT2D eigenvalue weighted by Crippen LogP contribution is -2.38. The first-order valence-corrected chi connectivity index (χ1v) is 13.1. The second-order valence-corrected chi connectivity index (χ2v) is 10.3. The minimum atomic E-state index is -1.10. The molecule has 1 atom stereocenters. The first-order chi connectivity index (χ1) is 18.7. The van der Waals surface area contributed by atoms with Gasteiger partial charge in [-0.2, -0.15) is 13.8 Å². The van der Waals surface area contributed by atoms with Gasteiger partial charge in [-0.15, -0.1) is 0 Å². The quantitative estimate of drug-likeness (QED) is 0.470. The van der Waals surface area contributed by atoms with Crippen LogP contribution in [0.5, 0.6) is 0 Å². The molecule has 202 valence electrons. The van der Waals surface area contributed by atoms with Crippen molar-refractivity contribution in [2.45, 2.75) is 39.0 Å². The van der Waals surface area contributed by atoms with Crippen LogP contribution in [0.1, 0.15) is 52.2 Å². The number of rotatable bonds is 5. The third kappa shape index (κ3) is 5.53. The number of carbonyl (C=O) groups is 3. The summed E-state index contributed by atoms with van der Waals surface area (Å²) in [6.45, 7) is 5.19. The van der Waals surface area contributed by atoms with Gasteiger partial charge in [0.1, 0.15) is 0 Å². The van der Waals surface area contributed by atoms with E-state index in [1.165, 1.54) is 0 Å². The Labute approximate surface area is 225 Å². The third-order valence-electron chi connectivity index (χ3n) is 7.68. The Morgan fingerprint density at radius 3 is 2.26 bits per heavy atom. The summed E-state index contributed by atoms with van der Waals surface area (Å²) < 4.78 is 27.0. The van der Waals surface area contributed by atoms with Crippen molar-refractivity contribution in [1.29, 1.82) is 0 Å². The molecule has 7 nitrogen and oxygen atoms in total. The third-order valence-corrected chi connectivity index (χ3v) is 7.68. The van der Waals surface area contributed by atoms with E-state index < -0.39 is 23.7 Å². The molecule has 0 bridgehead atoms. The van der Waals surface area contributed by atoms with Crippen molar-refractivity contribution in [2.75, 3.05) is 29.9 Å². The fourth-order valence-electron chi connectivity index (χ4n) is 5.57. The Hall–Kier alpha value is -4.14. The van der Waals surface area contributed by atoms with Crippen LogP contribution in [0.15, 0.2) is 54.6 Å². The van der Waals surface area contributed by atoms with E-state index in [4.69, 9.17) is 0 Å². The zero-order chi connectivity index (χ0) is 27.7. The van der Waals surface area contributed by atoms with E-state index in [-0.39, 0.29) is 29.7 Å². The van der Waals surface area contributed by atoms with Crippen LogP contribution >= 0.6 is 0 Å². The van der Waals surface area contributed by atoms with Crippen molar-refractivity contribution in [3.8, 4) is 0 Å². The molecule has 1 unspecified atom stereocenters. The van der Waals surface area contributed by atoms with Crippen LogP contribution in [-0.2, 0) is 9.59 Å². The van der Waals surface area contributed by atoms with E-state index in [2.05, 4.69) is 10.3 Å². The van der Waals surface area contributed by atoms with Gasteiger partial charge in [-0.25, -0.2) is 0 Å². The molecule has 0 aliphatic carbocycles. The number of amides is 3. The molecule has 0 radical (unpaired) electrons. The zero-order valence-electron chi connectivity index (χ0n) is 21.9. The molecular formula is C30H30F2N4O3. The minimum absolute atomic E-state index is 0.0499. The first-order valence-electron chi connectivity index (χ1n) is 13.1. The molecule has 39 heavy (non-hydrogen) atoms. The molecule has 2 aromatic carbocycles. The van der Waals surface area contributed by atoms with E-state index in [0.717, 1.165) is 34.5 Å². The summed E-state index contributed by atoms with van der Waals surface area (Å²) in [7, 11) is 0. The lowest BCUT2D eigenvalue weighted by Gasteiger charge is -2.32. The number of anilines is 2. The summed E-state index contributed by atoms with van der Waals surface area (Å²) in [5.41, 5.74) is 4.43. The van der Waals surface area contributed by atoms with Gasteiger partial charge < -0.3 is 15.1 Å². The summed E-state index contributed by atoms with van der Waals surface area (Å²) in [5, 5.41) is 2.95. The highest BCUT2D eigenvalue weighted by molar-refractivity contribution is 6.04. The number of carbonyl (C=O) groups excluding carboxylic acids is 3. The molecular weight excluding hydrogens is 502 g/mol. The van der Waals surface area contributed by atoms with E-state index in [1.807, 2.05) is 56.3 Å². The Kier molecular flexibility index (Phi) is 7.41. The van der Waals surface area contributed by atoms with E-state index in [9.17, 15) is 23.2 Å². The predicted molar refractivity (Wildman–Crippen MR) is 143 cm³/mol. The minimum Gasteiger partial charge on any atom is -0.338 e. The van der Waals surface area contributed by atoms with Crippen LogP contribution in [0, 0.1) is 31.7 Å². The SMILES string of the molecule is Cc1cccc(C)c1N1CC(C(=O)Nc2ccc(C3CCN(C(=O)c4ccc(F)nc4F)CC3)cc2)CC1=O. The highest BCUT2D eigenvalue weighted by Crippen LogP contribution is 2.32. The van der Waals surface area contributed by atoms with Gasteiger partial charge in [-0.1, -0.05) is 30.3 Å². The smallest absolute Gasteiger partial charge is 0.258 e. The van der Waals surface area contributed by atoms with E-state index in [0.29, 0.717) is 38.2 Å². The Bertz CT molecular complexity index is 1400. The molecule has 5 rings (SSSR count). The van der Waals surface area contributed by atoms with Gasteiger partial charge >= 0.3 is 0 Å². The number of piperidine rings is 1. The van der Waals surface area contributed by atoms with E-state index in [1.54, 1.807) is 9.80 Å². The van der Waals surface area contributed by atoms with Crippen LogP contribution < -0.4 is 10.2 Å². The number of nitrogens with zero attached hydrogens (tertiary/aromatic N) is 3. The fourth-order valence-corrected chi connectivity index (χ4v) is 5.57. The van der Waals surface area contributed by atoms with Crippen LogP contribution in [0.3, 0.4) is 0 Å². The highest BCUT2D eigenvalue weighted by atomic mass is 19.1. The normalized spacial score (nSPS) is 17.9. The van der Waals surface area contributed by atoms with Crippen LogP contribution in [0.2, 0.25) is 0 Å². The molecule has 3 heterocycles. The molecule has 1 N–H and O–H groups in total. The number of para-hydroxylation sites is 1. The van der Waals surface area contributed by atoms with Crippen LogP contribution in [-0.4, -0.2) is 47.2 Å². The summed E-state index contributed by atoms with van der Waals surface area (Å²) in [5.74, 6) is -2.99. The van der Waals surface area contributed by atoms with Gasteiger partial charge in [0, 0.05) is 37.4 Å². The topological polar surface area (TPSA) is 82.6 Å². The number of likely N-dealkylation sites (tertiary alicyclic amines) is 1. The van der Waals surface area contributed by atoms with Crippen molar-refractivity contribution >= 4 is 29.1 Å². The van der Waals surface area contributed by atoms with Gasteiger partial charge in [0.25, 0.3) is 5.91 Å². The highest BCUT2D eigenvalue weighted by Gasteiger charge is 2.36. The number of hydrogen-bond donors (Lipinski definition) is 1. The molecule has 1 aromatic heterocycles. The average molecular weight is 533 g/mol. The number of halogens is 2. The molecule has 2 aliphatic rings. The van der Waals surface area contributed by atoms with Gasteiger partial charge in [0.15, 0.2) is 0 Å². The van der Waals surface area contributed by atoms with Crippen molar-refractivity contribution in [3.63, 3.8) is 0 Å². The van der Waals surface area contributed by atoms with Crippen molar-refractivity contribution in [3.05, 3.63) is 88.7 Å². The number of pyridine rings is 1. The fraction of sp³-hybridized carbons (Fsp3) is 0.333. The molecule has 0 saturated carbocycles. The monoisotopic (exact) mass is 532 g/mol. The molecule has 2 aliphatic heterocycles. The molecule has 9 heteroatoms. The summed E-state index contributed by atoms with van der Waals surface area (Å²) >= 11 is 0. The van der Waals surface area contributed by atoms with Gasteiger partial charge in [0.2, 0.25) is 23.7 Å². The number of benzene rings is 2. The summed E-state index contributed by atoms with van der Waals surface area (Å²) in [4.78, 5) is 44.7. The predicted octanol–water partition coefficient (Wildman–Crippen LogP) is 4.99. The maximum Gasteiger partial charge on any atom is 0.258 e. The standard InChI is InChI=1S/C30H30F2N4O3/c1-18-4-3-5-19(2)27(18)36-17-22(16-26(36)37)29(38)33-23-8-6-20(7-9-23)21-12-14-35(15-13-21)30(39)24-10-11-25(31)34-28(24)32/h3-11,21-22H,12-17H2,1-2H3,(H,33,38). The Morgan fingerprint density at radius 1 is 0.949 bits per heavy atom. The molecule has 3 aromatic rings. The van der Waals surface area contributed by atoms with Gasteiger partial charge in [0.05, 0.1) is 11.5 Å². The van der Waals surface area contributed by atoms with Crippen molar-refractivity contribution in [2.24, 2.45) is 5.92 Å². The van der Waals surface area contributed by atoms with Crippen LogP contribution in [0.4, 0.5) is 20.2 Å². The van der Waals surface area contributed by atoms with E-state index >= 15 is 0 Å². The lowest BCUT2D eigenvalue weighted by atomic mass is 9.89. The Morgan fingerprint density at radius 2 is 1.62 bits per heavy atom. The average Bonchev–Trinajstić information content (AvgIpc) is 3.30. The second kappa shape index (κ2) is 10.9. The largest absolute Gasteiger partial charge is 0.338 e. The first kappa shape index (κ1) is 26.5. The summed E-state index contributed by atoms with van der Waals surface area (Å²) in [6, 6.07) is 15.6. The van der Waals surface area contributed by atoms with Crippen molar-refractivity contribution < 1.29 is 23.2 Å². The molecule has 3 amide bonds. The maximum atomic E-state index is 13.9. The second-order valence-electron chi connectivity index (χ2n) is 10.3. The zero-order valence-corrected chi connectivity index (χ0v) is 21.9. The Balaban J connectivity index is 1.16. The van der Waals surface area contributed by atoms with Gasteiger partial charge in [-0.05, 0) is 73.6 Å². The number of aryl methyl sites for hydroxylation is 2. The summed E-state index contributed by atoms with van der Waals surface area (Å²) in [6.07, 6.45) is 1.57. The molecule has 0 spiro atoms. The van der Waals surface area contributed by atoms with Crippen LogP contribution in [0.25, 0.3) is 0 Å². The molecule has 2 saturated heterocycles. The maximum absolute atomic E-state index is 13.9. The number of hydrogen-bond acceptors (Lipinski definition) is 4. The van der Waals surface area contributed by atoms with Gasteiger partial charge in [-0.3, -0.25) is 14.4 Å². The lowest BCUT2D eigenvalue weighted by molar-refractivity contribution is -0.122. The van der Waals surface area contributed by atoms with Crippen molar-refractivity contribution in [1.82, 2.24) is 9.88 Å². The molecule has 2 fully saturated rings. The number of nitrogens with one attached hydrogen (secondary N) is 1. The number of aromatic nitrogens is 1.